The predicted molar refractivity (Wildman–Crippen MR) is 87.4 cm³/mol. The fraction of sp³-hybridized carbons (Fsp3) is 0.588. The highest BCUT2D eigenvalue weighted by Gasteiger charge is 2.36. The fourth-order valence-electron chi connectivity index (χ4n) is 2.94. The van der Waals surface area contributed by atoms with Gasteiger partial charge in [0.1, 0.15) is 6.04 Å². The molecule has 0 spiro atoms. The first-order valence-electron chi connectivity index (χ1n) is 7.90. The number of aliphatic hydroxyl groups excluding tert-OH is 1. The van der Waals surface area contributed by atoms with Gasteiger partial charge in [-0.3, -0.25) is 4.79 Å². The number of amides is 1. The van der Waals surface area contributed by atoms with Crippen LogP contribution in [-0.2, 0) is 11.2 Å². The standard InChI is InChI=1S/C17H27N3O2/c1-13(21)15(18)16(22)19-17(8-10-20(2)11-9-17)12-14-6-4-3-5-7-14/h3-7,13,15,21H,8-12,18H2,1-2H3,(H,19,22). The summed E-state index contributed by atoms with van der Waals surface area (Å²) < 4.78 is 0. The summed E-state index contributed by atoms with van der Waals surface area (Å²) in [4.78, 5) is 14.6. The Balaban J connectivity index is 2.13. The van der Waals surface area contributed by atoms with Crippen LogP contribution in [0.2, 0.25) is 0 Å². The Morgan fingerprint density at radius 1 is 1.36 bits per heavy atom. The third kappa shape index (κ3) is 4.29. The summed E-state index contributed by atoms with van der Waals surface area (Å²) in [6, 6.07) is 9.31. The molecule has 1 aliphatic heterocycles. The molecule has 1 heterocycles. The minimum Gasteiger partial charge on any atom is -0.391 e. The summed E-state index contributed by atoms with van der Waals surface area (Å²) in [5, 5.41) is 12.7. The molecule has 1 aromatic carbocycles. The summed E-state index contributed by atoms with van der Waals surface area (Å²) in [5.74, 6) is -0.268. The summed E-state index contributed by atoms with van der Waals surface area (Å²) in [6.45, 7) is 3.43. The van der Waals surface area contributed by atoms with Gasteiger partial charge in [0, 0.05) is 18.6 Å². The number of nitrogens with two attached hydrogens (primary N) is 1. The van der Waals surface area contributed by atoms with Gasteiger partial charge in [-0.25, -0.2) is 0 Å². The Morgan fingerprint density at radius 3 is 2.50 bits per heavy atom. The Hall–Kier alpha value is -1.43. The van der Waals surface area contributed by atoms with Gasteiger partial charge in [-0.05, 0) is 38.8 Å². The number of piperidine rings is 1. The molecule has 22 heavy (non-hydrogen) atoms. The van der Waals surface area contributed by atoms with Crippen LogP contribution < -0.4 is 11.1 Å². The average Bonchev–Trinajstić information content (AvgIpc) is 2.50. The molecule has 2 atom stereocenters. The van der Waals surface area contributed by atoms with E-state index in [0.717, 1.165) is 32.4 Å². The van der Waals surface area contributed by atoms with Crippen LogP contribution >= 0.6 is 0 Å². The molecule has 0 aromatic heterocycles. The molecule has 1 fully saturated rings. The number of nitrogens with zero attached hydrogens (tertiary/aromatic N) is 1. The molecule has 5 nitrogen and oxygen atoms in total. The van der Waals surface area contributed by atoms with Gasteiger partial charge < -0.3 is 21.1 Å². The van der Waals surface area contributed by atoms with Crippen LogP contribution in [0.4, 0.5) is 0 Å². The van der Waals surface area contributed by atoms with E-state index in [1.54, 1.807) is 6.92 Å². The maximum absolute atomic E-state index is 12.3. The second-order valence-corrected chi connectivity index (χ2v) is 6.50. The molecule has 2 unspecified atom stereocenters. The first-order chi connectivity index (χ1) is 10.4. The minimum absolute atomic E-state index is 0.268. The Morgan fingerprint density at radius 2 is 1.95 bits per heavy atom. The average molecular weight is 305 g/mol. The molecule has 0 radical (unpaired) electrons. The van der Waals surface area contributed by atoms with Crippen molar-refractivity contribution in [1.29, 1.82) is 0 Å². The minimum atomic E-state index is -0.882. The summed E-state index contributed by atoms with van der Waals surface area (Å²) in [5.41, 5.74) is 6.71. The van der Waals surface area contributed by atoms with Crippen LogP contribution in [0.1, 0.15) is 25.3 Å². The fourth-order valence-corrected chi connectivity index (χ4v) is 2.94. The topological polar surface area (TPSA) is 78.6 Å². The van der Waals surface area contributed by atoms with Crippen molar-refractivity contribution in [3.05, 3.63) is 35.9 Å². The zero-order valence-electron chi connectivity index (χ0n) is 13.5. The largest absolute Gasteiger partial charge is 0.391 e. The molecule has 1 aromatic rings. The van der Waals surface area contributed by atoms with Gasteiger partial charge in [-0.15, -0.1) is 0 Å². The summed E-state index contributed by atoms with van der Waals surface area (Å²) >= 11 is 0. The first-order valence-corrected chi connectivity index (χ1v) is 7.90. The molecule has 5 heteroatoms. The van der Waals surface area contributed by atoms with Gasteiger partial charge >= 0.3 is 0 Å². The second-order valence-electron chi connectivity index (χ2n) is 6.50. The molecule has 1 aliphatic rings. The number of rotatable bonds is 5. The first kappa shape index (κ1) is 16.9. The lowest BCUT2D eigenvalue weighted by atomic mass is 9.81. The lowest BCUT2D eigenvalue weighted by molar-refractivity contribution is -0.127. The van der Waals surface area contributed by atoms with Crippen LogP contribution in [0.5, 0.6) is 0 Å². The molecule has 0 bridgehead atoms. The van der Waals surface area contributed by atoms with Crippen molar-refractivity contribution in [2.45, 2.75) is 43.9 Å². The molecule has 1 amide bonds. The highest BCUT2D eigenvalue weighted by molar-refractivity contribution is 5.82. The summed E-state index contributed by atoms with van der Waals surface area (Å²) in [7, 11) is 2.09. The van der Waals surface area contributed by atoms with Crippen molar-refractivity contribution in [2.24, 2.45) is 5.73 Å². The van der Waals surface area contributed by atoms with Crippen molar-refractivity contribution in [2.75, 3.05) is 20.1 Å². The van der Waals surface area contributed by atoms with E-state index in [1.165, 1.54) is 5.56 Å². The highest BCUT2D eigenvalue weighted by Crippen LogP contribution is 2.26. The molecule has 0 saturated carbocycles. The normalized spacial score (nSPS) is 21.1. The number of aliphatic hydroxyl groups is 1. The maximum Gasteiger partial charge on any atom is 0.240 e. The van der Waals surface area contributed by atoms with Gasteiger partial charge in [0.15, 0.2) is 0 Å². The van der Waals surface area contributed by atoms with Gasteiger partial charge in [-0.1, -0.05) is 30.3 Å². The van der Waals surface area contributed by atoms with Gasteiger partial charge in [0.25, 0.3) is 0 Å². The highest BCUT2D eigenvalue weighted by atomic mass is 16.3. The van der Waals surface area contributed by atoms with E-state index in [0.29, 0.717) is 0 Å². The van der Waals surface area contributed by atoms with Gasteiger partial charge in [0.2, 0.25) is 5.91 Å². The SMILES string of the molecule is CC(O)C(N)C(=O)NC1(Cc2ccccc2)CCN(C)CC1. The molecule has 0 aliphatic carbocycles. The molecule has 4 N–H and O–H groups in total. The molecule has 2 rings (SSSR count). The summed E-state index contributed by atoms with van der Waals surface area (Å²) in [6.07, 6.45) is 1.72. The second kappa shape index (κ2) is 7.22. The molecular weight excluding hydrogens is 278 g/mol. The number of carbonyl (C=O) groups excluding carboxylic acids is 1. The lowest BCUT2D eigenvalue weighted by Gasteiger charge is -2.42. The Labute approximate surface area is 132 Å². The zero-order valence-corrected chi connectivity index (χ0v) is 13.5. The van der Waals surface area contributed by atoms with Gasteiger partial charge in [0.05, 0.1) is 6.10 Å². The number of hydrogen-bond acceptors (Lipinski definition) is 4. The molecule has 1 saturated heterocycles. The van der Waals surface area contributed by atoms with E-state index in [1.807, 2.05) is 18.2 Å². The number of hydrogen-bond donors (Lipinski definition) is 3. The third-order valence-electron chi connectivity index (χ3n) is 4.54. The maximum atomic E-state index is 12.3. The lowest BCUT2D eigenvalue weighted by Crippen LogP contribution is -2.60. The van der Waals surface area contributed by atoms with Crippen molar-refractivity contribution >= 4 is 5.91 Å². The van der Waals surface area contributed by atoms with Crippen LogP contribution in [0.25, 0.3) is 0 Å². The smallest absolute Gasteiger partial charge is 0.240 e. The van der Waals surface area contributed by atoms with Gasteiger partial charge in [-0.2, -0.15) is 0 Å². The predicted octanol–water partition coefficient (Wildman–Crippen LogP) is 0.518. The number of nitrogens with one attached hydrogen (secondary N) is 1. The molecular formula is C17H27N3O2. The number of benzene rings is 1. The number of likely N-dealkylation sites (tertiary alicyclic amines) is 1. The van der Waals surface area contributed by atoms with E-state index in [2.05, 4.69) is 29.4 Å². The van der Waals surface area contributed by atoms with E-state index in [9.17, 15) is 9.90 Å². The quantitative estimate of drug-likeness (QED) is 0.741. The van der Waals surface area contributed by atoms with Crippen LogP contribution in [0, 0.1) is 0 Å². The van der Waals surface area contributed by atoms with Crippen molar-refractivity contribution in [3.8, 4) is 0 Å². The van der Waals surface area contributed by atoms with Crippen molar-refractivity contribution in [1.82, 2.24) is 10.2 Å². The monoisotopic (exact) mass is 305 g/mol. The van der Waals surface area contributed by atoms with Crippen LogP contribution in [0.15, 0.2) is 30.3 Å². The number of carbonyl (C=O) groups is 1. The van der Waals surface area contributed by atoms with Crippen LogP contribution in [0.3, 0.4) is 0 Å². The van der Waals surface area contributed by atoms with Crippen molar-refractivity contribution < 1.29 is 9.90 Å². The Bertz CT molecular complexity index is 482. The van der Waals surface area contributed by atoms with E-state index in [4.69, 9.17) is 5.73 Å². The third-order valence-corrected chi connectivity index (χ3v) is 4.54. The molecule has 122 valence electrons. The zero-order chi connectivity index (χ0) is 16.2. The van der Waals surface area contributed by atoms with E-state index in [-0.39, 0.29) is 11.4 Å². The Kier molecular flexibility index (Phi) is 5.56. The van der Waals surface area contributed by atoms with E-state index >= 15 is 0 Å². The van der Waals surface area contributed by atoms with E-state index < -0.39 is 12.1 Å². The van der Waals surface area contributed by atoms with Crippen LogP contribution in [-0.4, -0.2) is 53.7 Å². The van der Waals surface area contributed by atoms with Crippen molar-refractivity contribution in [3.63, 3.8) is 0 Å².